The molecule has 0 unspecified atom stereocenters. The molecule has 4 nitrogen and oxygen atoms in total. The van der Waals surface area contributed by atoms with E-state index in [1.165, 1.54) is 0 Å². The van der Waals surface area contributed by atoms with E-state index in [2.05, 4.69) is 40.7 Å². The average molecular weight is 508 g/mol. The molecule has 188 valence electrons. The number of pyridine rings is 1. The van der Waals surface area contributed by atoms with E-state index in [4.69, 9.17) is 14.1 Å². The lowest BCUT2D eigenvalue weighted by Crippen LogP contribution is -2.48. The molecule has 0 aliphatic carbocycles. The molecule has 0 saturated heterocycles. The van der Waals surface area contributed by atoms with Crippen LogP contribution >= 0.6 is 0 Å². The number of carbonyl (C=O) groups is 1. The third-order valence-electron chi connectivity index (χ3n) is 7.63. The van der Waals surface area contributed by atoms with Gasteiger partial charge in [0.25, 0.3) is 8.32 Å². The smallest absolute Gasteiger partial charge is 0.344 e. The van der Waals surface area contributed by atoms with Crippen molar-refractivity contribution in [3.05, 3.63) is 90.5 Å². The van der Waals surface area contributed by atoms with Gasteiger partial charge in [-0.05, 0) is 58.9 Å². The minimum Gasteiger partial charge on any atom is -0.543 e. The van der Waals surface area contributed by atoms with Gasteiger partial charge in [0.15, 0.2) is 0 Å². The Balaban J connectivity index is 1.53. The molecule has 0 amide bonds. The van der Waals surface area contributed by atoms with Crippen LogP contribution in [0.4, 0.5) is 0 Å². The van der Waals surface area contributed by atoms with Gasteiger partial charge < -0.3 is 9.16 Å². The number of nitrogens with zero attached hydrogens (tertiary/aromatic N) is 1. The maximum atomic E-state index is 13.7. The third-order valence-corrected chi connectivity index (χ3v) is 13.3. The average Bonchev–Trinajstić information content (AvgIpc) is 2.89. The van der Waals surface area contributed by atoms with E-state index in [0.717, 1.165) is 50.4 Å². The van der Waals surface area contributed by atoms with Crippen molar-refractivity contribution in [3.63, 3.8) is 0 Å². The van der Waals surface area contributed by atoms with Gasteiger partial charge in [0.05, 0.1) is 16.6 Å². The molecule has 5 aromatic rings. The molecule has 37 heavy (non-hydrogen) atoms. The number of carbonyl (C=O) groups excluding carboxylic acids is 1. The highest BCUT2D eigenvalue weighted by Crippen LogP contribution is 2.43. The first-order valence-corrected chi connectivity index (χ1v) is 15.3. The number of hydrogen-bond acceptors (Lipinski definition) is 4. The lowest BCUT2D eigenvalue weighted by atomic mass is 10.0. The van der Waals surface area contributed by atoms with Gasteiger partial charge in [0.1, 0.15) is 11.5 Å². The highest BCUT2D eigenvalue weighted by molar-refractivity contribution is 6.77. The van der Waals surface area contributed by atoms with Crippen molar-refractivity contribution in [2.24, 2.45) is 0 Å². The molecule has 0 bridgehead atoms. The van der Waals surface area contributed by atoms with Gasteiger partial charge in [0.2, 0.25) is 0 Å². The predicted molar refractivity (Wildman–Crippen MR) is 155 cm³/mol. The van der Waals surface area contributed by atoms with Gasteiger partial charge in [0, 0.05) is 16.2 Å². The van der Waals surface area contributed by atoms with Crippen molar-refractivity contribution in [3.8, 4) is 11.5 Å². The standard InChI is InChI=1S/C32H33NO3Si/c1-6-37(7-2,32(3,4)5)36-23-19-20-24-22(21-23)13-12-18-29(24)35-31(34)30-25-14-8-10-16-27(25)33-28-17-11-9-15-26(28)30/h8-21H,6-7H2,1-5H3. The Kier molecular flexibility index (Phi) is 6.50. The zero-order valence-corrected chi connectivity index (χ0v) is 23.2. The summed E-state index contributed by atoms with van der Waals surface area (Å²) in [5.41, 5.74) is 2.07. The fraction of sp³-hybridized carbons (Fsp3) is 0.250. The largest absolute Gasteiger partial charge is 0.543 e. The third kappa shape index (κ3) is 4.49. The lowest BCUT2D eigenvalue weighted by molar-refractivity contribution is 0.0741. The quantitative estimate of drug-likeness (QED) is 0.0996. The second kappa shape index (κ2) is 9.64. The van der Waals surface area contributed by atoms with E-state index in [1.54, 1.807) is 0 Å². The normalized spacial score (nSPS) is 12.2. The van der Waals surface area contributed by atoms with Crippen LogP contribution in [0.1, 0.15) is 45.0 Å². The minimum atomic E-state index is -2.00. The number of ether oxygens (including phenoxy) is 1. The zero-order chi connectivity index (χ0) is 26.2. The Morgan fingerprint density at radius 2 is 1.41 bits per heavy atom. The van der Waals surface area contributed by atoms with E-state index >= 15 is 0 Å². The molecule has 5 heteroatoms. The van der Waals surface area contributed by atoms with Crippen LogP contribution in [0.2, 0.25) is 17.1 Å². The maximum Gasteiger partial charge on any atom is 0.344 e. The monoisotopic (exact) mass is 507 g/mol. The van der Waals surface area contributed by atoms with Crippen molar-refractivity contribution < 1.29 is 14.0 Å². The van der Waals surface area contributed by atoms with Crippen LogP contribution in [0.5, 0.6) is 11.5 Å². The first-order valence-electron chi connectivity index (χ1n) is 13.0. The summed E-state index contributed by atoms with van der Waals surface area (Å²) in [6.07, 6.45) is 0. The summed E-state index contributed by atoms with van der Waals surface area (Å²) >= 11 is 0. The highest BCUT2D eigenvalue weighted by atomic mass is 28.4. The second-order valence-electron chi connectivity index (χ2n) is 10.6. The molecular weight excluding hydrogens is 474 g/mol. The molecule has 0 spiro atoms. The Bertz CT molecular complexity index is 1560. The van der Waals surface area contributed by atoms with E-state index in [1.807, 2.05) is 78.9 Å². The summed E-state index contributed by atoms with van der Waals surface area (Å²) in [5.74, 6) is 1.02. The summed E-state index contributed by atoms with van der Waals surface area (Å²) < 4.78 is 12.9. The van der Waals surface area contributed by atoms with Crippen LogP contribution < -0.4 is 9.16 Å². The minimum absolute atomic E-state index is 0.124. The maximum absolute atomic E-state index is 13.7. The number of fused-ring (bicyclic) bond motifs is 3. The number of esters is 1. The van der Waals surface area contributed by atoms with Gasteiger partial charge in [-0.1, -0.05) is 83.1 Å². The number of rotatable bonds is 6. The summed E-state index contributed by atoms with van der Waals surface area (Å²) in [6.45, 7) is 11.4. The summed E-state index contributed by atoms with van der Waals surface area (Å²) in [5, 5.41) is 3.55. The zero-order valence-electron chi connectivity index (χ0n) is 22.2. The molecule has 0 aliphatic heterocycles. The van der Waals surface area contributed by atoms with Gasteiger partial charge in [-0.25, -0.2) is 9.78 Å². The second-order valence-corrected chi connectivity index (χ2v) is 15.7. The number of hydrogen-bond donors (Lipinski definition) is 0. The van der Waals surface area contributed by atoms with E-state index in [0.29, 0.717) is 11.3 Å². The SMILES string of the molecule is CC[Si](CC)(Oc1ccc2c(OC(=O)c3c4ccccc4nc4ccccc34)cccc2c1)C(C)(C)C. The summed E-state index contributed by atoms with van der Waals surface area (Å²) in [6, 6.07) is 29.4. The summed E-state index contributed by atoms with van der Waals surface area (Å²) in [7, 11) is -2.00. The topological polar surface area (TPSA) is 48.4 Å². The molecule has 0 N–H and O–H groups in total. The van der Waals surface area contributed by atoms with Crippen LogP contribution in [0.15, 0.2) is 84.9 Å². The van der Waals surface area contributed by atoms with E-state index in [-0.39, 0.29) is 5.04 Å². The van der Waals surface area contributed by atoms with Gasteiger partial charge in [-0.15, -0.1) is 0 Å². The number of aromatic nitrogens is 1. The Hall–Kier alpha value is -3.70. The van der Waals surface area contributed by atoms with Gasteiger partial charge in [-0.2, -0.15) is 0 Å². The van der Waals surface area contributed by atoms with Crippen molar-refractivity contribution in [1.82, 2.24) is 4.98 Å². The van der Waals surface area contributed by atoms with Crippen LogP contribution in [0.25, 0.3) is 32.6 Å². The van der Waals surface area contributed by atoms with Gasteiger partial charge in [-0.3, -0.25) is 0 Å². The summed E-state index contributed by atoms with van der Waals surface area (Å²) in [4.78, 5) is 18.4. The van der Waals surface area contributed by atoms with Crippen molar-refractivity contribution >= 4 is 46.9 Å². The highest BCUT2D eigenvalue weighted by Gasteiger charge is 2.45. The first kappa shape index (κ1) is 25.0. The van der Waals surface area contributed by atoms with Crippen molar-refractivity contribution in [2.45, 2.75) is 51.7 Å². The molecule has 0 aliphatic rings. The van der Waals surface area contributed by atoms with Crippen LogP contribution in [-0.4, -0.2) is 19.3 Å². The Morgan fingerprint density at radius 1 is 0.784 bits per heavy atom. The lowest BCUT2D eigenvalue weighted by Gasteiger charge is -2.41. The molecule has 4 aromatic carbocycles. The predicted octanol–water partition coefficient (Wildman–Crippen LogP) is 8.92. The molecule has 1 heterocycles. The molecule has 0 radical (unpaired) electrons. The molecule has 5 rings (SSSR count). The Morgan fingerprint density at radius 3 is 2.00 bits per heavy atom. The van der Waals surface area contributed by atoms with E-state index in [9.17, 15) is 4.79 Å². The van der Waals surface area contributed by atoms with Crippen LogP contribution in [0, 0.1) is 0 Å². The fourth-order valence-corrected chi connectivity index (χ4v) is 9.22. The molecular formula is C32H33NO3Si. The number of benzene rings is 4. The first-order chi connectivity index (χ1) is 17.8. The fourth-order valence-electron chi connectivity index (χ4n) is 5.43. The molecule has 0 atom stereocenters. The van der Waals surface area contributed by atoms with Crippen molar-refractivity contribution in [1.29, 1.82) is 0 Å². The molecule has 0 saturated carbocycles. The van der Waals surface area contributed by atoms with Crippen LogP contribution in [-0.2, 0) is 0 Å². The molecule has 0 fully saturated rings. The number of para-hydroxylation sites is 2. The van der Waals surface area contributed by atoms with Crippen molar-refractivity contribution in [2.75, 3.05) is 0 Å². The van der Waals surface area contributed by atoms with E-state index < -0.39 is 14.3 Å². The molecule has 1 aromatic heterocycles. The van der Waals surface area contributed by atoms with Crippen LogP contribution in [0.3, 0.4) is 0 Å². The Labute approximate surface area is 219 Å². The van der Waals surface area contributed by atoms with Gasteiger partial charge >= 0.3 is 5.97 Å².